The highest BCUT2D eigenvalue weighted by Gasteiger charge is 2.05. The number of aryl methyl sites for hydroxylation is 2. The molecular weight excluding hydrogens is 467 g/mol. The first-order valence-electron chi connectivity index (χ1n) is 8.35. The van der Waals surface area contributed by atoms with E-state index in [2.05, 4.69) is 20.6 Å². The summed E-state index contributed by atoms with van der Waals surface area (Å²) >= 11 is 5.95. The molecule has 0 aliphatic rings. The molecule has 0 aliphatic heterocycles. The van der Waals surface area contributed by atoms with Gasteiger partial charge in [-0.25, -0.2) is 9.98 Å². The lowest BCUT2D eigenvalue weighted by Gasteiger charge is -2.11. The molecule has 0 fully saturated rings. The van der Waals surface area contributed by atoms with Crippen molar-refractivity contribution >= 4 is 41.5 Å². The van der Waals surface area contributed by atoms with Crippen molar-refractivity contribution in [3.8, 4) is 0 Å². The van der Waals surface area contributed by atoms with Gasteiger partial charge in [-0.2, -0.15) is 0 Å². The van der Waals surface area contributed by atoms with Gasteiger partial charge in [-0.3, -0.25) is 0 Å². The van der Waals surface area contributed by atoms with Crippen LogP contribution in [0.1, 0.15) is 29.8 Å². The van der Waals surface area contributed by atoms with Crippen LogP contribution in [-0.4, -0.2) is 30.6 Å². The summed E-state index contributed by atoms with van der Waals surface area (Å²) in [6.07, 6.45) is 0. The smallest absolute Gasteiger partial charge is 0.216 e. The van der Waals surface area contributed by atoms with Crippen molar-refractivity contribution in [2.45, 2.75) is 33.9 Å². The molecule has 6 nitrogen and oxygen atoms in total. The molecule has 0 saturated carbocycles. The fourth-order valence-electron chi connectivity index (χ4n) is 2.15. The summed E-state index contributed by atoms with van der Waals surface area (Å²) in [6.45, 7) is 8.76. The standard InChI is InChI=1S/C18H25ClN4O2.HI/c1-4-20-18(22-11-17-23-13(2)14(3)25-17)21-8-9-24-12-15-6-5-7-16(19)10-15;/h5-7,10H,4,8-9,11-12H2,1-3H3,(H2,20,21,22);1H. The minimum absolute atomic E-state index is 0. The minimum atomic E-state index is 0. The summed E-state index contributed by atoms with van der Waals surface area (Å²) in [6, 6.07) is 7.66. The van der Waals surface area contributed by atoms with Gasteiger partial charge in [-0.1, -0.05) is 23.7 Å². The van der Waals surface area contributed by atoms with Crippen molar-refractivity contribution in [1.29, 1.82) is 0 Å². The zero-order valence-electron chi connectivity index (χ0n) is 15.3. The Morgan fingerprint density at radius 3 is 2.77 bits per heavy atom. The van der Waals surface area contributed by atoms with Crippen LogP contribution in [0.25, 0.3) is 0 Å². The molecule has 1 heterocycles. The van der Waals surface area contributed by atoms with Crippen LogP contribution >= 0.6 is 35.6 Å². The maximum atomic E-state index is 5.95. The van der Waals surface area contributed by atoms with Gasteiger partial charge in [0.05, 0.1) is 18.9 Å². The molecule has 1 aromatic heterocycles. The van der Waals surface area contributed by atoms with E-state index in [-0.39, 0.29) is 24.0 Å². The lowest BCUT2D eigenvalue weighted by Crippen LogP contribution is -2.39. The SMILES string of the molecule is CCNC(=NCc1nc(C)c(C)o1)NCCOCc1cccc(Cl)c1.I. The Bertz CT molecular complexity index is 687. The van der Waals surface area contributed by atoms with E-state index in [1.54, 1.807) is 0 Å². The van der Waals surface area contributed by atoms with Crippen LogP contribution in [0, 0.1) is 13.8 Å². The van der Waals surface area contributed by atoms with Crippen LogP contribution < -0.4 is 10.6 Å². The molecule has 8 heteroatoms. The number of benzene rings is 1. The Balaban J connectivity index is 0.00000338. The predicted molar refractivity (Wildman–Crippen MR) is 115 cm³/mol. The second-order valence-corrected chi connectivity index (χ2v) is 5.99. The lowest BCUT2D eigenvalue weighted by molar-refractivity contribution is 0.125. The molecule has 144 valence electrons. The molecule has 0 aliphatic carbocycles. The predicted octanol–water partition coefficient (Wildman–Crippen LogP) is 3.83. The third-order valence-corrected chi connectivity index (χ3v) is 3.72. The maximum Gasteiger partial charge on any atom is 0.216 e. The van der Waals surface area contributed by atoms with Gasteiger partial charge < -0.3 is 19.8 Å². The van der Waals surface area contributed by atoms with E-state index in [9.17, 15) is 0 Å². The number of hydrogen-bond donors (Lipinski definition) is 2. The van der Waals surface area contributed by atoms with Crippen LogP contribution in [0.3, 0.4) is 0 Å². The molecule has 1 aromatic carbocycles. The third kappa shape index (κ3) is 7.92. The van der Waals surface area contributed by atoms with Crippen molar-refractivity contribution in [2.24, 2.45) is 4.99 Å². The van der Waals surface area contributed by atoms with Gasteiger partial charge >= 0.3 is 0 Å². The number of guanidine groups is 1. The quantitative estimate of drug-likeness (QED) is 0.254. The molecule has 2 rings (SSSR count). The van der Waals surface area contributed by atoms with E-state index in [4.69, 9.17) is 20.8 Å². The van der Waals surface area contributed by atoms with E-state index in [0.29, 0.717) is 38.2 Å². The molecule has 0 atom stereocenters. The maximum absolute atomic E-state index is 5.95. The third-order valence-electron chi connectivity index (χ3n) is 3.49. The molecule has 0 bridgehead atoms. The van der Waals surface area contributed by atoms with Gasteiger partial charge in [0.15, 0.2) is 5.96 Å². The van der Waals surface area contributed by atoms with E-state index in [0.717, 1.165) is 28.6 Å². The average molecular weight is 493 g/mol. The number of nitrogens with zero attached hydrogens (tertiary/aromatic N) is 2. The number of aromatic nitrogens is 1. The normalized spacial score (nSPS) is 11.2. The lowest BCUT2D eigenvalue weighted by atomic mass is 10.2. The topological polar surface area (TPSA) is 71.7 Å². The molecule has 0 saturated heterocycles. The van der Waals surface area contributed by atoms with Crippen molar-refractivity contribution in [2.75, 3.05) is 19.7 Å². The summed E-state index contributed by atoms with van der Waals surface area (Å²) in [5.41, 5.74) is 1.96. The zero-order valence-corrected chi connectivity index (χ0v) is 18.4. The van der Waals surface area contributed by atoms with Gasteiger partial charge in [0.1, 0.15) is 12.3 Å². The minimum Gasteiger partial charge on any atom is -0.444 e. The number of aliphatic imine (C=N–C) groups is 1. The van der Waals surface area contributed by atoms with E-state index >= 15 is 0 Å². The number of oxazole rings is 1. The van der Waals surface area contributed by atoms with Crippen LogP contribution in [-0.2, 0) is 17.9 Å². The van der Waals surface area contributed by atoms with Crippen molar-refractivity contribution in [3.05, 3.63) is 52.2 Å². The fourth-order valence-corrected chi connectivity index (χ4v) is 2.37. The molecule has 0 radical (unpaired) electrons. The van der Waals surface area contributed by atoms with Crippen molar-refractivity contribution in [3.63, 3.8) is 0 Å². The van der Waals surface area contributed by atoms with E-state index < -0.39 is 0 Å². The van der Waals surface area contributed by atoms with E-state index in [1.807, 2.05) is 45.0 Å². The highest BCUT2D eigenvalue weighted by Crippen LogP contribution is 2.11. The number of halogens is 2. The first-order valence-corrected chi connectivity index (χ1v) is 8.73. The van der Waals surface area contributed by atoms with Crippen LogP contribution in [0.5, 0.6) is 0 Å². The second kappa shape index (κ2) is 12.1. The summed E-state index contributed by atoms with van der Waals surface area (Å²) in [5, 5.41) is 7.14. The first kappa shape index (κ1) is 22.7. The largest absolute Gasteiger partial charge is 0.444 e. The summed E-state index contributed by atoms with van der Waals surface area (Å²) < 4.78 is 11.2. The number of ether oxygens (including phenoxy) is 1. The number of nitrogens with one attached hydrogen (secondary N) is 2. The monoisotopic (exact) mass is 492 g/mol. The summed E-state index contributed by atoms with van der Waals surface area (Å²) in [5.74, 6) is 2.16. The molecule has 2 aromatic rings. The van der Waals surface area contributed by atoms with Crippen molar-refractivity contribution < 1.29 is 9.15 Å². The fraction of sp³-hybridized carbons (Fsp3) is 0.444. The molecule has 0 unspecified atom stereocenters. The number of rotatable bonds is 8. The average Bonchev–Trinajstić information content (AvgIpc) is 2.90. The van der Waals surface area contributed by atoms with Crippen LogP contribution in [0.4, 0.5) is 0 Å². The van der Waals surface area contributed by atoms with E-state index in [1.165, 1.54) is 0 Å². The van der Waals surface area contributed by atoms with Gasteiger partial charge in [0.25, 0.3) is 0 Å². The van der Waals surface area contributed by atoms with Gasteiger partial charge in [0.2, 0.25) is 5.89 Å². The molecule has 2 N–H and O–H groups in total. The highest BCUT2D eigenvalue weighted by atomic mass is 127. The Kier molecular flexibility index (Phi) is 10.6. The summed E-state index contributed by atoms with van der Waals surface area (Å²) in [4.78, 5) is 8.80. The van der Waals surface area contributed by atoms with Crippen molar-refractivity contribution in [1.82, 2.24) is 15.6 Å². The molecule has 0 amide bonds. The second-order valence-electron chi connectivity index (χ2n) is 5.55. The molecule has 0 spiro atoms. The Hall–Kier alpha value is -1.32. The molecule has 26 heavy (non-hydrogen) atoms. The zero-order chi connectivity index (χ0) is 18.1. The van der Waals surface area contributed by atoms with Gasteiger partial charge in [0, 0.05) is 18.1 Å². The summed E-state index contributed by atoms with van der Waals surface area (Å²) in [7, 11) is 0. The van der Waals surface area contributed by atoms with Crippen LogP contribution in [0.2, 0.25) is 5.02 Å². The Morgan fingerprint density at radius 2 is 2.12 bits per heavy atom. The Morgan fingerprint density at radius 1 is 1.31 bits per heavy atom. The number of hydrogen-bond acceptors (Lipinski definition) is 4. The molecular formula is C18H26ClIN4O2. The van der Waals surface area contributed by atoms with Crippen LogP contribution in [0.15, 0.2) is 33.7 Å². The van der Waals surface area contributed by atoms with Gasteiger partial charge in [-0.05, 0) is 38.5 Å². The Labute approximate surface area is 176 Å². The van der Waals surface area contributed by atoms with Gasteiger partial charge in [-0.15, -0.1) is 24.0 Å². The first-order chi connectivity index (χ1) is 12.1. The highest BCUT2D eigenvalue weighted by molar-refractivity contribution is 14.0.